The molecule has 0 atom stereocenters. The number of ether oxygens (including phenoxy) is 2. The highest BCUT2D eigenvalue weighted by Gasteiger charge is 2.49. The fourth-order valence-corrected chi connectivity index (χ4v) is 2.77. The molecule has 0 saturated heterocycles. The molecule has 1 rings (SSSR count). The first-order valence-electron chi connectivity index (χ1n) is 8.84. The standard InChI is InChI=1S/C20H30O4/c1-5-12-23-18(21)20(14-16(3)4,19(22)24-13-6-2)15-17-10-8-7-9-11-17/h7-11,16H,5-6,12-15H2,1-4H3. The molecular formula is C20H30O4. The van der Waals surface area contributed by atoms with Crippen LogP contribution in [0, 0.1) is 11.3 Å². The Morgan fingerprint density at radius 3 is 1.88 bits per heavy atom. The Morgan fingerprint density at radius 1 is 0.958 bits per heavy atom. The highest BCUT2D eigenvalue weighted by molar-refractivity contribution is 6.00. The minimum atomic E-state index is -1.28. The van der Waals surface area contributed by atoms with Gasteiger partial charge in [0.05, 0.1) is 13.2 Å². The molecule has 0 fully saturated rings. The zero-order chi connectivity index (χ0) is 18.0. The fraction of sp³-hybridized carbons (Fsp3) is 0.600. The van der Waals surface area contributed by atoms with Crippen LogP contribution in [0.3, 0.4) is 0 Å². The predicted molar refractivity (Wildman–Crippen MR) is 94.5 cm³/mol. The van der Waals surface area contributed by atoms with Gasteiger partial charge in [-0.3, -0.25) is 9.59 Å². The Labute approximate surface area is 145 Å². The van der Waals surface area contributed by atoms with E-state index in [9.17, 15) is 9.59 Å². The molecule has 1 aromatic carbocycles. The minimum Gasteiger partial charge on any atom is -0.465 e. The molecule has 1 aromatic rings. The van der Waals surface area contributed by atoms with Gasteiger partial charge in [-0.2, -0.15) is 0 Å². The molecule has 0 bridgehead atoms. The average molecular weight is 334 g/mol. The van der Waals surface area contributed by atoms with Gasteiger partial charge in [0.25, 0.3) is 0 Å². The van der Waals surface area contributed by atoms with E-state index in [1.807, 2.05) is 58.0 Å². The smallest absolute Gasteiger partial charge is 0.323 e. The summed E-state index contributed by atoms with van der Waals surface area (Å²) in [7, 11) is 0. The Hall–Kier alpha value is -1.84. The Kier molecular flexibility index (Phi) is 8.51. The van der Waals surface area contributed by atoms with E-state index >= 15 is 0 Å². The van der Waals surface area contributed by atoms with E-state index in [4.69, 9.17) is 9.47 Å². The van der Waals surface area contributed by atoms with Crippen LogP contribution in [0.1, 0.15) is 52.5 Å². The number of carbonyl (C=O) groups is 2. The quantitative estimate of drug-likeness (QED) is 0.476. The van der Waals surface area contributed by atoms with Crippen molar-refractivity contribution in [1.82, 2.24) is 0 Å². The first-order chi connectivity index (χ1) is 11.5. The van der Waals surface area contributed by atoms with E-state index in [0.29, 0.717) is 26.1 Å². The predicted octanol–water partition coefficient (Wildman–Crippen LogP) is 4.17. The summed E-state index contributed by atoms with van der Waals surface area (Å²) >= 11 is 0. The molecule has 0 saturated carbocycles. The zero-order valence-electron chi connectivity index (χ0n) is 15.3. The minimum absolute atomic E-state index is 0.164. The van der Waals surface area contributed by atoms with Gasteiger partial charge in [0.15, 0.2) is 5.41 Å². The normalized spacial score (nSPS) is 11.4. The molecular weight excluding hydrogens is 304 g/mol. The van der Waals surface area contributed by atoms with Gasteiger partial charge in [-0.05, 0) is 37.2 Å². The largest absolute Gasteiger partial charge is 0.465 e. The van der Waals surface area contributed by atoms with Crippen molar-refractivity contribution in [2.24, 2.45) is 11.3 Å². The molecule has 0 radical (unpaired) electrons. The second-order valence-corrected chi connectivity index (χ2v) is 6.61. The van der Waals surface area contributed by atoms with E-state index in [-0.39, 0.29) is 5.92 Å². The average Bonchev–Trinajstić information content (AvgIpc) is 2.57. The summed E-state index contributed by atoms with van der Waals surface area (Å²) in [5.41, 5.74) is -0.347. The van der Waals surface area contributed by atoms with Crippen LogP contribution in [0.25, 0.3) is 0 Å². The lowest BCUT2D eigenvalue weighted by atomic mass is 9.75. The van der Waals surface area contributed by atoms with E-state index in [1.54, 1.807) is 0 Å². The number of hydrogen-bond donors (Lipinski definition) is 0. The molecule has 0 spiro atoms. The lowest BCUT2D eigenvalue weighted by molar-refractivity contribution is -0.174. The summed E-state index contributed by atoms with van der Waals surface area (Å²) in [5, 5.41) is 0. The SMILES string of the molecule is CCCOC(=O)C(Cc1ccccc1)(CC(C)C)C(=O)OCCC. The monoisotopic (exact) mass is 334 g/mol. The summed E-state index contributed by atoms with van der Waals surface area (Å²) < 4.78 is 10.8. The van der Waals surface area contributed by atoms with Crippen molar-refractivity contribution in [3.8, 4) is 0 Å². The fourth-order valence-electron chi connectivity index (χ4n) is 2.77. The summed E-state index contributed by atoms with van der Waals surface area (Å²) in [5.74, 6) is -0.775. The van der Waals surface area contributed by atoms with Gasteiger partial charge in [0.2, 0.25) is 0 Å². The molecule has 0 amide bonds. The van der Waals surface area contributed by atoms with Crippen molar-refractivity contribution >= 4 is 11.9 Å². The highest BCUT2D eigenvalue weighted by Crippen LogP contribution is 2.34. The number of rotatable bonds is 10. The summed E-state index contributed by atoms with van der Waals surface area (Å²) in [6.45, 7) is 8.50. The number of esters is 2. The van der Waals surface area contributed by atoms with Gasteiger partial charge < -0.3 is 9.47 Å². The van der Waals surface area contributed by atoms with Crippen LogP contribution in [-0.4, -0.2) is 25.2 Å². The van der Waals surface area contributed by atoms with E-state index in [2.05, 4.69) is 0 Å². The summed E-state index contributed by atoms with van der Waals surface area (Å²) in [4.78, 5) is 25.7. The maximum absolute atomic E-state index is 12.8. The topological polar surface area (TPSA) is 52.6 Å². The van der Waals surface area contributed by atoms with Crippen LogP contribution < -0.4 is 0 Å². The molecule has 0 aromatic heterocycles. The maximum atomic E-state index is 12.8. The second kappa shape index (κ2) is 10.1. The van der Waals surface area contributed by atoms with Crippen molar-refractivity contribution in [2.75, 3.05) is 13.2 Å². The van der Waals surface area contributed by atoms with Crippen molar-refractivity contribution in [2.45, 2.75) is 53.4 Å². The third kappa shape index (κ3) is 5.66. The van der Waals surface area contributed by atoms with Gasteiger partial charge in [0, 0.05) is 0 Å². The van der Waals surface area contributed by atoms with Crippen LogP contribution in [0.15, 0.2) is 30.3 Å². The van der Waals surface area contributed by atoms with E-state index in [1.165, 1.54) is 0 Å². The van der Waals surface area contributed by atoms with Crippen molar-refractivity contribution in [3.05, 3.63) is 35.9 Å². The van der Waals surface area contributed by atoms with Gasteiger partial charge in [0.1, 0.15) is 0 Å². The molecule has 0 heterocycles. The van der Waals surface area contributed by atoms with Gasteiger partial charge >= 0.3 is 11.9 Å². The van der Waals surface area contributed by atoms with Gasteiger partial charge in [-0.15, -0.1) is 0 Å². The Bertz CT molecular complexity index is 488. The third-order valence-corrected chi connectivity index (χ3v) is 3.76. The third-order valence-electron chi connectivity index (χ3n) is 3.76. The van der Waals surface area contributed by atoms with E-state index in [0.717, 1.165) is 18.4 Å². The molecule has 134 valence electrons. The van der Waals surface area contributed by atoms with Crippen LogP contribution in [-0.2, 0) is 25.5 Å². The molecule has 0 unspecified atom stereocenters. The van der Waals surface area contributed by atoms with Crippen LogP contribution in [0.2, 0.25) is 0 Å². The first-order valence-corrected chi connectivity index (χ1v) is 8.84. The number of hydrogen-bond acceptors (Lipinski definition) is 4. The molecule has 0 aliphatic carbocycles. The molecule has 0 aliphatic heterocycles. The molecule has 0 aliphatic rings. The number of carbonyl (C=O) groups excluding carboxylic acids is 2. The number of benzene rings is 1. The molecule has 0 N–H and O–H groups in total. The summed E-state index contributed by atoms with van der Waals surface area (Å²) in [6, 6.07) is 9.58. The Morgan fingerprint density at radius 2 is 1.46 bits per heavy atom. The van der Waals surface area contributed by atoms with Crippen LogP contribution in [0.5, 0.6) is 0 Å². The highest BCUT2D eigenvalue weighted by atomic mass is 16.6. The molecule has 4 nitrogen and oxygen atoms in total. The lowest BCUT2D eigenvalue weighted by Gasteiger charge is -2.31. The van der Waals surface area contributed by atoms with Crippen molar-refractivity contribution in [3.63, 3.8) is 0 Å². The van der Waals surface area contributed by atoms with Gasteiger partial charge in [-0.25, -0.2) is 0 Å². The first kappa shape index (κ1) is 20.2. The van der Waals surface area contributed by atoms with Crippen LogP contribution >= 0.6 is 0 Å². The maximum Gasteiger partial charge on any atom is 0.323 e. The van der Waals surface area contributed by atoms with E-state index < -0.39 is 17.4 Å². The zero-order valence-corrected chi connectivity index (χ0v) is 15.3. The Balaban J connectivity index is 3.19. The van der Waals surface area contributed by atoms with Crippen molar-refractivity contribution in [1.29, 1.82) is 0 Å². The van der Waals surface area contributed by atoms with Crippen LogP contribution in [0.4, 0.5) is 0 Å². The van der Waals surface area contributed by atoms with Crippen molar-refractivity contribution < 1.29 is 19.1 Å². The molecule has 4 heteroatoms. The molecule has 24 heavy (non-hydrogen) atoms. The lowest BCUT2D eigenvalue weighted by Crippen LogP contribution is -2.45. The second-order valence-electron chi connectivity index (χ2n) is 6.61. The summed E-state index contributed by atoms with van der Waals surface area (Å²) in [6.07, 6.45) is 2.15. The van der Waals surface area contributed by atoms with Gasteiger partial charge in [-0.1, -0.05) is 58.0 Å².